The number of thiazole rings is 1. The van der Waals surface area contributed by atoms with Crippen molar-refractivity contribution >= 4 is 17.2 Å². The normalized spacial score (nSPS) is 16.2. The Hall–Kier alpha value is -1.79. The van der Waals surface area contributed by atoms with Crippen LogP contribution in [-0.4, -0.2) is 34.5 Å². The number of carbonyl (C=O) groups excluding carboxylic acids is 1. The molecule has 1 saturated carbocycles. The monoisotopic (exact) mass is 344 g/mol. The largest absolute Gasteiger partial charge is 0.352 e. The van der Waals surface area contributed by atoms with Gasteiger partial charge in [-0.1, -0.05) is 12.8 Å². The van der Waals surface area contributed by atoms with E-state index in [4.69, 9.17) is 0 Å². The SMILES string of the molecule is C[C@@H](NCCc1csc(-c2cccnc2)n1)C(=O)NC1CCCC1. The first-order valence-electron chi connectivity index (χ1n) is 8.61. The van der Waals surface area contributed by atoms with Crippen LogP contribution in [0.5, 0.6) is 0 Å². The van der Waals surface area contributed by atoms with Gasteiger partial charge in [-0.3, -0.25) is 9.78 Å². The molecule has 0 saturated heterocycles. The lowest BCUT2D eigenvalue weighted by atomic mass is 10.2. The van der Waals surface area contributed by atoms with Gasteiger partial charge in [0.25, 0.3) is 0 Å². The van der Waals surface area contributed by atoms with Crippen LogP contribution in [-0.2, 0) is 11.2 Å². The summed E-state index contributed by atoms with van der Waals surface area (Å²) in [5, 5.41) is 9.49. The molecule has 1 atom stereocenters. The summed E-state index contributed by atoms with van der Waals surface area (Å²) < 4.78 is 0. The molecule has 1 aliphatic carbocycles. The van der Waals surface area contributed by atoms with Gasteiger partial charge in [0.15, 0.2) is 0 Å². The van der Waals surface area contributed by atoms with E-state index in [1.807, 2.05) is 25.3 Å². The standard InChI is InChI=1S/C18H24N4OS/c1-13(17(23)21-15-6-2-3-7-15)20-10-8-16-12-24-18(22-16)14-5-4-9-19-11-14/h4-5,9,11-13,15,20H,2-3,6-8,10H2,1H3,(H,21,23)/t13-/m1/s1. The van der Waals surface area contributed by atoms with Crippen molar-refractivity contribution in [3.05, 3.63) is 35.6 Å². The average molecular weight is 344 g/mol. The molecule has 1 fully saturated rings. The van der Waals surface area contributed by atoms with Gasteiger partial charge < -0.3 is 10.6 Å². The molecular weight excluding hydrogens is 320 g/mol. The Kier molecular flexibility index (Phi) is 5.93. The highest BCUT2D eigenvalue weighted by Crippen LogP contribution is 2.22. The summed E-state index contributed by atoms with van der Waals surface area (Å²) in [6, 6.07) is 4.15. The van der Waals surface area contributed by atoms with Crippen molar-refractivity contribution in [3.8, 4) is 10.6 Å². The predicted molar refractivity (Wildman–Crippen MR) is 96.9 cm³/mol. The number of pyridine rings is 1. The lowest BCUT2D eigenvalue weighted by Gasteiger charge is -2.17. The molecule has 0 aromatic carbocycles. The molecule has 0 bridgehead atoms. The quantitative estimate of drug-likeness (QED) is 0.810. The smallest absolute Gasteiger partial charge is 0.237 e. The Morgan fingerprint density at radius 3 is 3.00 bits per heavy atom. The summed E-state index contributed by atoms with van der Waals surface area (Å²) in [6.45, 7) is 2.67. The molecule has 2 N–H and O–H groups in total. The van der Waals surface area contributed by atoms with Crippen LogP contribution in [0.2, 0.25) is 0 Å². The van der Waals surface area contributed by atoms with Gasteiger partial charge in [0, 0.05) is 42.3 Å². The number of rotatable bonds is 7. The first-order chi connectivity index (χ1) is 11.7. The Labute approximate surface area is 146 Å². The highest BCUT2D eigenvalue weighted by atomic mass is 32.1. The lowest BCUT2D eigenvalue weighted by molar-refractivity contribution is -0.123. The van der Waals surface area contributed by atoms with Gasteiger partial charge in [0.2, 0.25) is 5.91 Å². The Morgan fingerprint density at radius 2 is 2.25 bits per heavy atom. The summed E-state index contributed by atoms with van der Waals surface area (Å²) in [5.41, 5.74) is 2.10. The minimum absolute atomic E-state index is 0.108. The van der Waals surface area contributed by atoms with Crippen LogP contribution in [0.25, 0.3) is 10.6 Å². The summed E-state index contributed by atoms with van der Waals surface area (Å²) in [6.07, 6.45) is 9.11. The summed E-state index contributed by atoms with van der Waals surface area (Å²) >= 11 is 1.63. The molecule has 2 heterocycles. The molecule has 1 aliphatic rings. The van der Waals surface area contributed by atoms with Crippen molar-refractivity contribution in [2.75, 3.05) is 6.54 Å². The second-order valence-corrected chi connectivity index (χ2v) is 7.16. The Bertz CT molecular complexity index is 652. The van der Waals surface area contributed by atoms with Crippen LogP contribution in [0, 0.1) is 0 Å². The van der Waals surface area contributed by atoms with E-state index in [0.717, 1.165) is 42.1 Å². The lowest BCUT2D eigenvalue weighted by Crippen LogP contribution is -2.46. The van der Waals surface area contributed by atoms with E-state index in [9.17, 15) is 4.79 Å². The highest BCUT2D eigenvalue weighted by Gasteiger charge is 2.20. The number of hydrogen-bond acceptors (Lipinski definition) is 5. The number of nitrogens with zero attached hydrogens (tertiary/aromatic N) is 2. The zero-order valence-electron chi connectivity index (χ0n) is 14.0. The van der Waals surface area contributed by atoms with Crippen LogP contribution < -0.4 is 10.6 Å². The molecule has 2 aromatic rings. The molecule has 24 heavy (non-hydrogen) atoms. The fourth-order valence-corrected chi connectivity index (χ4v) is 3.79. The third-order valence-electron chi connectivity index (χ3n) is 4.39. The molecule has 128 valence electrons. The van der Waals surface area contributed by atoms with E-state index in [2.05, 4.69) is 26.0 Å². The van der Waals surface area contributed by atoms with E-state index in [1.54, 1.807) is 17.5 Å². The van der Waals surface area contributed by atoms with Gasteiger partial charge in [-0.15, -0.1) is 11.3 Å². The van der Waals surface area contributed by atoms with E-state index >= 15 is 0 Å². The number of carbonyl (C=O) groups is 1. The molecule has 2 aromatic heterocycles. The third kappa shape index (κ3) is 4.61. The molecule has 0 radical (unpaired) electrons. The van der Waals surface area contributed by atoms with Crippen LogP contribution in [0.3, 0.4) is 0 Å². The minimum Gasteiger partial charge on any atom is -0.352 e. The van der Waals surface area contributed by atoms with Gasteiger partial charge in [-0.25, -0.2) is 4.98 Å². The third-order valence-corrected chi connectivity index (χ3v) is 5.33. The average Bonchev–Trinajstić information content (AvgIpc) is 3.27. The van der Waals surface area contributed by atoms with Crippen molar-refractivity contribution in [1.82, 2.24) is 20.6 Å². The predicted octanol–water partition coefficient (Wildman–Crippen LogP) is 2.78. The van der Waals surface area contributed by atoms with Crippen LogP contribution in [0.4, 0.5) is 0 Å². The van der Waals surface area contributed by atoms with Crippen molar-refractivity contribution in [3.63, 3.8) is 0 Å². The fraction of sp³-hybridized carbons (Fsp3) is 0.500. The summed E-state index contributed by atoms with van der Waals surface area (Å²) in [5.74, 6) is 0.108. The van der Waals surface area contributed by atoms with E-state index in [1.165, 1.54) is 12.8 Å². The second-order valence-electron chi connectivity index (χ2n) is 6.30. The molecule has 1 amide bonds. The molecule has 0 spiro atoms. The Balaban J connectivity index is 1.43. The number of nitrogens with one attached hydrogen (secondary N) is 2. The molecular formula is C18H24N4OS. The van der Waals surface area contributed by atoms with Crippen molar-refractivity contribution < 1.29 is 4.79 Å². The molecule has 3 rings (SSSR count). The molecule has 0 unspecified atom stereocenters. The summed E-state index contributed by atoms with van der Waals surface area (Å²) in [7, 11) is 0. The maximum atomic E-state index is 12.1. The molecule has 6 heteroatoms. The van der Waals surface area contributed by atoms with E-state index < -0.39 is 0 Å². The maximum Gasteiger partial charge on any atom is 0.237 e. The van der Waals surface area contributed by atoms with Gasteiger partial charge in [0.1, 0.15) is 5.01 Å². The number of amides is 1. The minimum atomic E-state index is -0.165. The topological polar surface area (TPSA) is 66.9 Å². The van der Waals surface area contributed by atoms with Crippen molar-refractivity contribution in [2.45, 2.75) is 51.1 Å². The Morgan fingerprint density at radius 1 is 1.42 bits per heavy atom. The van der Waals surface area contributed by atoms with Gasteiger partial charge in [-0.2, -0.15) is 0 Å². The summed E-state index contributed by atoms with van der Waals surface area (Å²) in [4.78, 5) is 20.9. The molecule has 5 nitrogen and oxygen atoms in total. The molecule has 0 aliphatic heterocycles. The van der Waals surface area contributed by atoms with E-state index in [0.29, 0.717) is 6.04 Å². The zero-order valence-corrected chi connectivity index (χ0v) is 14.8. The van der Waals surface area contributed by atoms with Crippen LogP contribution >= 0.6 is 11.3 Å². The fourth-order valence-electron chi connectivity index (χ4n) is 2.95. The number of aromatic nitrogens is 2. The second kappa shape index (κ2) is 8.35. The maximum absolute atomic E-state index is 12.1. The van der Waals surface area contributed by atoms with Gasteiger partial charge in [-0.05, 0) is 31.9 Å². The van der Waals surface area contributed by atoms with Crippen molar-refractivity contribution in [2.24, 2.45) is 0 Å². The van der Waals surface area contributed by atoms with Gasteiger partial charge >= 0.3 is 0 Å². The first-order valence-corrected chi connectivity index (χ1v) is 9.49. The highest BCUT2D eigenvalue weighted by molar-refractivity contribution is 7.13. The van der Waals surface area contributed by atoms with E-state index in [-0.39, 0.29) is 11.9 Å². The van der Waals surface area contributed by atoms with Crippen molar-refractivity contribution in [1.29, 1.82) is 0 Å². The first kappa shape index (κ1) is 17.0. The van der Waals surface area contributed by atoms with Gasteiger partial charge in [0.05, 0.1) is 11.7 Å². The zero-order chi connectivity index (χ0) is 16.8. The van der Waals surface area contributed by atoms with Crippen LogP contribution in [0.15, 0.2) is 29.9 Å². The van der Waals surface area contributed by atoms with Crippen LogP contribution in [0.1, 0.15) is 38.3 Å². The number of hydrogen-bond donors (Lipinski definition) is 2.